The first-order valence-electron chi connectivity index (χ1n) is 8.84. The van der Waals surface area contributed by atoms with Crippen LogP contribution >= 0.6 is 0 Å². The van der Waals surface area contributed by atoms with E-state index in [1.165, 1.54) is 50.6 Å². The maximum absolute atomic E-state index is 12.7. The molecule has 0 unspecified atom stereocenters. The van der Waals surface area contributed by atoms with Crippen LogP contribution < -0.4 is 20.1 Å². The highest BCUT2D eigenvalue weighted by molar-refractivity contribution is 6.01. The smallest absolute Gasteiger partial charge is 0.271 e. The predicted molar refractivity (Wildman–Crippen MR) is 107 cm³/mol. The summed E-state index contributed by atoms with van der Waals surface area (Å²) in [5, 5.41) is 16.2. The van der Waals surface area contributed by atoms with Crippen LogP contribution in [-0.2, 0) is 4.79 Å². The number of rotatable bonds is 8. The number of nitro benzene ring substituents is 1. The maximum Gasteiger partial charge on any atom is 0.271 e. The molecule has 0 aliphatic rings. The Morgan fingerprint density at radius 1 is 1.03 bits per heavy atom. The molecule has 0 aromatic heterocycles. The van der Waals surface area contributed by atoms with E-state index in [-0.39, 0.29) is 22.9 Å². The van der Waals surface area contributed by atoms with Crippen molar-refractivity contribution < 1.29 is 24.0 Å². The molecule has 0 bridgehead atoms. The average molecular weight is 401 g/mol. The van der Waals surface area contributed by atoms with Gasteiger partial charge in [-0.25, -0.2) is 0 Å². The van der Waals surface area contributed by atoms with Crippen molar-refractivity contribution in [1.82, 2.24) is 5.32 Å². The Balaban J connectivity index is 2.19. The minimum Gasteiger partial charge on any atom is -0.497 e. The number of amides is 2. The molecule has 2 amide bonds. The zero-order chi connectivity index (χ0) is 21.6. The number of nitrogens with one attached hydrogen (secondary N) is 2. The lowest BCUT2D eigenvalue weighted by molar-refractivity contribution is -0.384. The second-order valence-electron chi connectivity index (χ2n) is 6.59. The van der Waals surface area contributed by atoms with Gasteiger partial charge in [-0.1, -0.05) is 19.9 Å². The topological polar surface area (TPSA) is 120 Å². The van der Waals surface area contributed by atoms with Gasteiger partial charge in [0.1, 0.15) is 17.5 Å². The summed E-state index contributed by atoms with van der Waals surface area (Å²) >= 11 is 0. The third kappa shape index (κ3) is 5.68. The fourth-order valence-electron chi connectivity index (χ4n) is 2.62. The van der Waals surface area contributed by atoms with Crippen molar-refractivity contribution in [1.29, 1.82) is 0 Å². The maximum atomic E-state index is 12.7. The fraction of sp³-hybridized carbons (Fsp3) is 0.300. The van der Waals surface area contributed by atoms with E-state index in [9.17, 15) is 19.7 Å². The van der Waals surface area contributed by atoms with Gasteiger partial charge in [-0.05, 0) is 24.1 Å². The number of nitro groups is 1. The summed E-state index contributed by atoms with van der Waals surface area (Å²) < 4.78 is 10.3. The van der Waals surface area contributed by atoms with E-state index >= 15 is 0 Å². The number of carbonyl (C=O) groups excluding carboxylic acids is 2. The minimum atomic E-state index is -0.862. The molecule has 0 aliphatic heterocycles. The number of carbonyl (C=O) groups is 2. The molecule has 0 spiro atoms. The van der Waals surface area contributed by atoms with Gasteiger partial charge >= 0.3 is 0 Å². The molecular weight excluding hydrogens is 378 g/mol. The van der Waals surface area contributed by atoms with Gasteiger partial charge in [-0.3, -0.25) is 19.7 Å². The van der Waals surface area contributed by atoms with E-state index in [1.54, 1.807) is 19.9 Å². The number of methoxy groups -OCH3 is 2. The van der Waals surface area contributed by atoms with Crippen LogP contribution in [0.3, 0.4) is 0 Å². The van der Waals surface area contributed by atoms with Crippen LogP contribution in [0.1, 0.15) is 24.2 Å². The van der Waals surface area contributed by atoms with Crippen molar-refractivity contribution in [3.05, 3.63) is 58.1 Å². The molecular formula is C20H23N3O6. The number of non-ortho nitro benzene ring substituents is 1. The van der Waals surface area contributed by atoms with Gasteiger partial charge in [-0.2, -0.15) is 0 Å². The monoisotopic (exact) mass is 401 g/mol. The Bertz CT molecular complexity index is 891. The van der Waals surface area contributed by atoms with Gasteiger partial charge in [0.15, 0.2) is 0 Å². The Morgan fingerprint density at radius 3 is 2.17 bits per heavy atom. The number of hydrogen-bond acceptors (Lipinski definition) is 6. The van der Waals surface area contributed by atoms with Gasteiger partial charge in [0.25, 0.3) is 11.6 Å². The lowest BCUT2D eigenvalue weighted by Gasteiger charge is -2.22. The third-order valence-corrected chi connectivity index (χ3v) is 4.17. The summed E-state index contributed by atoms with van der Waals surface area (Å²) in [5.41, 5.74) is 0.401. The number of hydrogen-bond donors (Lipinski definition) is 2. The number of nitrogens with zero attached hydrogens (tertiary/aromatic N) is 1. The van der Waals surface area contributed by atoms with Crippen LogP contribution in [0, 0.1) is 16.0 Å². The molecule has 2 aromatic rings. The number of benzene rings is 2. The van der Waals surface area contributed by atoms with Gasteiger partial charge in [0.2, 0.25) is 5.91 Å². The van der Waals surface area contributed by atoms with E-state index in [4.69, 9.17) is 9.47 Å². The van der Waals surface area contributed by atoms with E-state index in [0.29, 0.717) is 11.5 Å². The molecule has 29 heavy (non-hydrogen) atoms. The van der Waals surface area contributed by atoms with Crippen LogP contribution in [0.2, 0.25) is 0 Å². The molecule has 9 heteroatoms. The van der Waals surface area contributed by atoms with Gasteiger partial charge in [0.05, 0.1) is 19.1 Å². The highest BCUT2D eigenvalue weighted by atomic mass is 16.6. The standard InChI is InChI=1S/C20H23N3O6/c1-12(2)18(20(25)21-14-6-5-7-15(10-14)23(26)27)22-19(24)13-8-16(28-3)11-17(9-13)29-4/h5-12,18H,1-4H3,(H,21,25)(H,22,24)/t18-/m1/s1. The lowest BCUT2D eigenvalue weighted by atomic mass is 10.0. The van der Waals surface area contributed by atoms with Crippen LogP contribution in [0.4, 0.5) is 11.4 Å². The SMILES string of the molecule is COc1cc(OC)cc(C(=O)N[C@@H](C(=O)Nc2cccc([N+](=O)[O-])c2)C(C)C)c1. The summed E-state index contributed by atoms with van der Waals surface area (Å²) in [7, 11) is 2.94. The number of anilines is 1. The Labute approximate surface area is 168 Å². The Kier molecular flexibility index (Phi) is 7.13. The van der Waals surface area contributed by atoms with Crippen LogP contribution in [0.5, 0.6) is 11.5 Å². The highest BCUT2D eigenvalue weighted by Crippen LogP contribution is 2.23. The van der Waals surface area contributed by atoms with Crippen LogP contribution in [-0.4, -0.2) is 37.0 Å². The molecule has 0 saturated carbocycles. The molecule has 2 aromatic carbocycles. The van der Waals surface area contributed by atoms with E-state index < -0.39 is 22.8 Å². The van der Waals surface area contributed by atoms with E-state index in [2.05, 4.69) is 10.6 Å². The normalized spacial score (nSPS) is 11.5. The predicted octanol–water partition coefficient (Wildman–Crippen LogP) is 3.01. The van der Waals surface area contributed by atoms with Gasteiger partial charge in [-0.15, -0.1) is 0 Å². The fourth-order valence-corrected chi connectivity index (χ4v) is 2.62. The Morgan fingerprint density at radius 2 is 1.66 bits per heavy atom. The summed E-state index contributed by atoms with van der Waals surface area (Å²) in [6.07, 6.45) is 0. The molecule has 0 aliphatic carbocycles. The molecule has 0 radical (unpaired) electrons. The van der Waals surface area contributed by atoms with Crippen LogP contribution in [0.25, 0.3) is 0 Å². The first-order valence-corrected chi connectivity index (χ1v) is 8.84. The van der Waals surface area contributed by atoms with Crippen molar-refractivity contribution in [3.63, 3.8) is 0 Å². The number of ether oxygens (including phenoxy) is 2. The van der Waals surface area contributed by atoms with Crippen LogP contribution in [0.15, 0.2) is 42.5 Å². The summed E-state index contributed by atoms with van der Waals surface area (Å²) in [6, 6.07) is 9.43. The van der Waals surface area contributed by atoms with Gasteiger partial charge < -0.3 is 20.1 Å². The lowest BCUT2D eigenvalue weighted by Crippen LogP contribution is -2.47. The molecule has 0 heterocycles. The van der Waals surface area contributed by atoms with Crippen molar-refractivity contribution >= 4 is 23.2 Å². The molecule has 154 valence electrons. The molecule has 9 nitrogen and oxygen atoms in total. The summed E-state index contributed by atoms with van der Waals surface area (Å²) in [6.45, 7) is 3.56. The van der Waals surface area contributed by atoms with Crippen molar-refractivity contribution in [3.8, 4) is 11.5 Å². The second kappa shape index (κ2) is 9.54. The van der Waals surface area contributed by atoms with Gasteiger partial charge in [0, 0.05) is 29.4 Å². The zero-order valence-corrected chi connectivity index (χ0v) is 16.6. The minimum absolute atomic E-state index is 0.142. The molecule has 0 fully saturated rings. The van der Waals surface area contributed by atoms with Crippen molar-refractivity contribution in [2.24, 2.45) is 5.92 Å². The van der Waals surface area contributed by atoms with Crippen molar-refractivity contribution in [2.45, 2.75) is 19.9 Å². The largest absolute Gasteiger partial charge is 0.497 e. The molecule has 2 N–H and O–H groups in total. The van der Waals surface area contributed by atoms with E-state index in [1.807, 2.05) is 0 Å². The molecule has 2 rings (SSSR count). The summed E-state index contributed by atoms with van der Waals surface area (Å²) in [4.78, 5) is 35.8. The zero-order valence-electron chi connectivity index (χ0n) is 16.6. The average Bonchev–Trinajstić information content (AvgIpc) is 2.71. The highest BCUT2D eigenvalue weighted by Gasteiger charge is 2.25. The Hall–Kier alpha value is -3.62. The molecule has 1 atom stereocenters. The quantitative estimate of drug-likeness (QED) is 0.518. The first-order chi connectivity index (χ1) is 13.7. The molecule has 0 saturated heterocycles. The van der Waals surface area contributed by atoms with Crippen molar-refractivity contribution in [2.75, 3.05) is 19.5 Å². The third-order valence-electron chi connectivity index (χ3n) is 4.17. The summed E-state index contributed by atoms with van der Waals surface area (Å²) in [5.74, 6) is -0.308. The first kappa shape index (κ1) is 21.7. The van der Waals surface area contributed by atoms with E-state index in [0.717, 1.165) is 0 Å². The second-order valence-corrected chi connectivity index (χ2v) is 6.59.